The lowest BCUT2D eigenvalue weighted by molar-refractivity contribution is 0.190. The Morgan fingerprint density at radius 1 is 1.17 bits per heavy atom. The van der Waals surface area contributed by atoms with Crippen LogP contribution < -0.4 is 0 Å². The quantitative estimate of drug-likeness (QED) is 0.273. The van der Waals surface area contributed by atoms with E-state index < -0.39 is 0 Å². The van der Waals surface area contributed by atoms with E-state index in [2.05, 4.69) is 0 Å². The molecular formula is C9H15NO2. The SMILES string of the molecule is C/C=C/COC/C=C/OCC=N. The largest absolute Gasteiger partial charge is 0.496 e. The highest BCUT2D eigenvalue weighted by Crippen LogP contribution is 1.81. The van der Waals surface area contributed by atoms with Gasteiger partial charge in [-0.05, 0) is 13.0 Å². The normalized spacial score (nSPS) is 11.1. The number of allylic oxidation sites excluding steroid dienone is 1. The summed E-state index contributed by atoms with van der Waals surface area (Å²) in [6.45, 7) is 3.45. The molecule has 1 N–H and O–H groups in total. The maximum Gasteiger partial charge on any atom is 0.122 e. The summed E-state index contributed by atoms with van der Waals surface area (Å²) in [6, 6.07) is 0. The minimum absolute atomic E-state index is 0.325. The van der Waals surface area contributed by atoms with E-state index >= 15 is 0 Å². The van der Waals surface area contributed by atoms with Crippen molar-refractivity contribution in [2.75, 3.05) is 19.8 Å². The van der Waals surface area contributed by atoms with Gasteiger partial charge in [0.2, 0.25) is 0 Å². The fraction of sp³-hybridized carbons (Fsp3) is 0.444. The molecule has 0 aromatic carbocycles. The van der Waals surface area contributed by atoms with Crippen LogP contribution in [0.25, 0.3) is 0 Å². The van der Waals surface area contributed by atoms with Crippen LogP contribution in [0.1, 0.15) is 6.92 Å². The van der Waals surface area contributed by atoms with Crippen molar-refractivity contribution in [2.45, 2.75) is 6.92 Å². The summed E-state index contributed by atoms with van der Waals surface area (Å²) in [6.07, 6.45) is 8.39. The van der Waals surface area contributed by atoms with Gasteiger partial charge in [0, 0.05) is 6.21 Å². The Morgan fingerprint density at radius 2 is 1.92 bits per heavy atom. The van der Waals surface area contributed by atoms with E-state index in [1.165, 1.54) is 6.21 Å². The van der Waals surface area contributed by atoms with E-state index in [1.54, 1.807) is 12.3 Å². The predicted molar refractivity (Wildman–Crippen MR) is 49.5 cm³/mol. The molecule has 0 aliphatic rings. The first-order chi connectivity index (χ1) is 5.91. The van der Waals surface area contributed by atoms with Crippen LogP contribution in [0.5, 0.6) is 0 Å². The van der Waals surface area contributed by atoms with Crippen LogP contribution in [0.2, 0.25) is 0 Å². The smallest absolute Gasteiger partial charge is 0.122 e. The number of rotatable bonds is 7. The maximum atomic E-state index is 6.65. The second-order valence-electron chi connectivity index (χ2n) is 2.02. The molecule has 3 nitrogen and oxygen atoms in total. The predicted octanol–water partition coefficient (Wildman–Crippen LogP) is 1.76. The lowest BCUT2D eigenvalue weighted by atomic mass is 10.5. The number of hydrogen-bond donors (Lipinski definition) is 1. The topological polar surface area (TPSA) is 42.3 Å². The zero-order valence-corrected chi connectivity index (χ0v) is 7.32. The number of ether oxygens (including phenoxy) is 2. The molecule has 0 atom stereocenters. The van der Waals surface area contributed by atoms with Crippen LogP contribution in [-0.4, -0.2) is 26.0 Å². The summed E-state index contributed by atoms with van der Waals surface area (Å²) in [4.78, 5) is 0. The lowest BCUT2D eigenvalue weighted by Gasteiger charge is -1.94. The van der Waals surface area contributed by atoms with Crippen LogP contribution in [0, 0.1) is 5.41 Å². The van der Waals surface area contributed by atoms with Crippen LogP contribution in [-0.2, 0) is 9.47 Å². The molecule has 0 spiro atoms. The van der Waals surface area contributed by atoms with E-state index in [1.807, 2.05) is 19.1 Å². The van der Waals surface area contributed by atoms with Gasteiger partial charge in [-0.2, -0.15) is 0 Å². The Bertz CT molecular complexity index is 153. The van der Waals surface area contributed by atoms with E-state index in [0.29, 0.717) is 19.8 Å². The van der Waals surface area contributed by atoms with E-state index in [-0.39, 0.29) is 0 Å². The van der Waals surface area contributed by atoms with Crippen LogP contribution in [0.4, 0.5) is 0 Å². The lowest BCUT2D eigenvalue weighted by Crippen LogP contribution is -1.91. The Morgan fingerprint density at radius 3 is 2.58 bits per heavy atom. The molecule has 0 saturated carbocycles. The molecular weight excluding hydrogens is 154 g/mol. The van der Waals surface area contributed by atoms with Crippen molar-refractivity contribution in [3.8, 4) is 0 Å². The molecule has 3 heteroatoms. The van der Waals surface area contributed by atoms with E-state index in [9.17, 15) is 0 Å². The molecule has 0 unspecified atom stereocenters. The molecule has 0 aromatic heterocycles. The third-order valence-electron chi connectivity index (χ3n) is 1.04. The van der Waals surface area contributed by atoms with E-state index in [0.717, 1.165) is 0 Å². The van der Waals surface area contributed by atoms with Gasteiger partial charge in [0.25, 0.3) is 0 Å². The van der Waals surface area contributed by atoms with Gasteiger partial charge in [-0.3, -0.25) is 0 Å². The van der Waals surface area contributed by atoms with Crippen molar-refractivity contribution in [2.24, 2.45) is 0 Å². The summed E-state index contributed by atoms with van der Waals surface area (Å²) in [5.41, 5.74) is 0. The Kier molecular flexibility index (Phi) is 9.01. The van der Waals surface area contributed by atoms with Gasteiger partial charge in [0.15, 0.2) is 0 Å². The highest BCUT2D eigenvalue weighted by molar-refractivity contribution is 5.54. The molecule has 0 bridgehead atoms. The maximum absolute atomic E-state index is 6.65. The Labute approximate surface area is 73.2 Å². The van der Waals surface area contributed by atoms with Crippen molar-refractivity contribution in [1.29, 1.82) is 5.41 Å². The monoisotopic (exact) mass is 169 g/mol. The average Bonchev–Trinajstić information content (AvgIpc) is 2.10. The summed E-state index contributed by atoms with van der Waals surface area (Å²) < 4.78 is 10.0. The molecule has 0 saturated heterocycles. The third-order valence-corrected chi connectivity index (χ3v) is 1.04. The number of hydrogen-bond acceptors (Lipinski definition) is 3. The molecule has 0 fully saturated rings. The second-order valence-corrected chi connectivity index (χ2v) is 2.02. The zero-order valence-electron chi connectivity index (χ0n) is 7.32. The molecule has 68 valence electrons. The van der Waals surface area contributed by atoms with Crippen molar-refractivity contribution in [1.82, 2.24) is 0 Å². The first kappa shape index (κ1) is 10.9. The van der Waals surface area contributed by atoms with Crippen LogP contribution >= 0.6 is 0 Å². The van der Waals surface area contributed by atoms with Gasteiger partial charge >= 0.3 is 0 Å². The zero-order chi connectivity index (χ0) is 9.07. The van der Waals surface area contributed by atoms with Gasteiger partial charge in [-0.1, -0.05) is 12.2 Å². The summed E-state index contributed by atoms with van der Waals surface area (Å²) in [7, 11) is 0. The highest BCUT2D eigenvalue weighted by Gasteiger charge is 1.77. The Balaban J connectivity index is 3.07. The van der Waals surface area contributed by atoms with E-state index in [4.69, 9.17) is 14.9 Å². The minimum atomic E-state index is 0.325. The number of nitrogens with one attached hydrogen (secondary N) is 1. The molecule has 0 aromatic rings. The summed E-state index contributed by atoms with van der Waals surface area (Å²) >= 11 is 0. The molecule has 0 aliphatic heterocycles. The van der Waals surface area contributed by atoms with Gasteiger partial charge in [-0.25, -0.2) is 0 Å². The minimum Gasteiger partial charge on any atom is -0.496 e. The van der Waals surface area contributed by atoms with Gasteiger partial charge < -0.3 is 14.9 Å². The van der Waals surface area contributed by atoms with Gasteiger partial charge in [0.1, 0.15) is 6.61 Å². The van der Waals surface area contributed by atoms with Crippen molar-refractivity contribution in [3.63, 3.8) is 0 Å². The Hall–Kier alpha value is -1.09. The standard InChI is InChI=1S/C9H15NO2/c1-2-3-6-11-7-4-8-12-9-5-10/h2-5,8,10H,6-7,9H2,1H3/b3-2+,8-4+,10-5?. The van der Waals surface area contributed by atoms with Crippen LogP contribution in [0.3, 0.4) is 0 Å². The molecule has 0 heterocycles. The summed E-state index contributed by atoms with van der Waals surface area (Å²) in [5.74, 6) is 0. The van der Waals surface area contributed by atoms with Gasteiger partial charge in [0.05, 0.1) is 19.5 Å². The fourth-order valence-electron chi connectivity index (χ4n) is 0.511. The first-order valence-corrected chi connectivity index (χ1v) is 3.86. The highest BCUT2D eigenvalue weighted by atomic mass is 16.5. The average molecular weight is 169 g/mol. The fourth-order valence-corrected chi connectivity index (χ4v) is 0.511. The van der Waals surface area contributed by atoms with Crippen molar-refractivity contribution in [3.05, 3.63) is 24.5 Å². The molecule has 0 radical (unpaired) electrons. The second kappa shape index (κ2) is 9.91. The molecule has 0 rings (SSSR count). The summed E-state index contributed by atoms with van der Waals surface area (Å²) in [5, 5.41) is 6.65. The van der Waals surface area contributed by atoms with Crippen LogP contribution in [0.15, 0.2) is 24.5 Å². The molecule has 0 amide bonds. The van der Waals surface area contributed by atoms with Crippen molar-refractivity contribution >= 4 is 6.21 Å². The third kappa shape index (κ3) is 8.91. The molecule has 12 heavy (non-hydrogen) atoms. The molecule has 0 aliphatic carbocycles. The first-order valence-electron chi connectivity index (χ1n) is 3.86. The van der Waals surface area contributed by atoms with Gasteiger partial charge in [-0.15, -0.1) is 0 Å². The van der Waals surface area contributed by atoms with Crippen molar-refractivity contribution < 1.29 is 9.47 Å².